The summed E-state index contributed by atoms with van der Waals surface area (Å²) in [7, 11) is 0. The highest BCUT2D eigenvalue weighted by molar-refractivity contribution is 9.10. The number of halogens is 1. The Bertz CT molecular complexity index is 1150. The van der Waals surface area contributed by atoms with Crippen LogP contribution in [0.1, 0.15) is 42.0 Å². The van der Waals surface area contributed by atoms with Gasteiger partial charge in [-0.1, -0.05) is 83.9 Å². The number of hydrogen-bond acceptors (Lipinski definition) is 3. The van der Waals surface area contributed by atoms with Gasteiger partial charge in [-0.15, -0.1) is 0 Å². The van der Waals surface area contributed by atoms with Gasteiger partial charge in [0, 0.05) is 24.0 Å². The van der Waals surface area contributed by atoms with Crippen LogP contribution in [0.3, 0.4) is 0 Å². The van der Waals surface area contributed by atoms with Gasteiger partial charge in [0.2, 0.25) is 5.91 Å². The van der Waals surface area contributed by atoms with Crippen LogP contribution in [-0.4, -0.2) is 35.9 Å². The molecule has 0 radical (unpaired) electrons. The average molecular weight is 552 g/mol. The molecule has 0 aliphatic heterocycles. The molecular weight excluding hydrogens is 516 g/mol. The third-order valence-electron chi connectivity index (χ3n) is 6.25. The second-order valence-electron chi connectivity index (χ2n) is 8.99. The van der Waals surface area contributed by atoms with Crippen molar-refractivity contribution in [3.05, 3.63) is 99.5 Å². The van der Waals surface area contributed by atoms with Gasteiger partial charge in [0.1, 0.15) is 11.8 Å². The van der Waals surface area contributed by atoms with Gasteiger partial charge in [0.05, 0.1) is 0 Å². The molecule has 0 unspecified atom stereocenters. The molecule has 1 atom stereocenters. The van der Waals surface area contributed by atoms with Crippen molar-refractivity contribution < 1.29 is 14.3 Å². The highest BCUT2D eigenvalue weighted by Crippen LogP contribution is 2.22. The van der Waals surface area contributed by atoms with E-state index in [4.69, 9.17) is 4.74 Å². The molecule has 0 spiro atoms. The third kappa shape index (κ3) is 7.95. The molecule has 6 heteroatoms. The lowest BCUT2D eigenvalue weighted by molar-refractivity contribution is -0.142. The molecule has 0 saturated heterocycles. The Kier molecular flexibility index (Phi) is 10.6. The van der Waals surface area contributed by atoms with E-state index in [0.29, 0.717) is 25.3 Å². The fourth-order valence-corrected chi connectivity index (χ4v) is 4.44. The first-order valence-corrected chi connectivity index (χ1v) is 13.2. The van der Waals surface area contributed by atoms with Crippen molar-refractivity contribution in [2.45, 2.75) is 52.6 Å². The zero-order valence-electron chi connectivity index (χ0n) is 21.3. The molecule has 5 nitrogen and oxygen atoms in total. The van der Waals surface area contributed by atoms with Crippen molar-refractivity contribution in [2.24, 2.45) is 0 Å². The van der Waals surface area contributed by atoms with Gasteiger partial charge in [-0.25, -0.2) is 0 Å². The number of benzene rings is 3. The van der Waals surface area contributed by atoms with E-state index in [-0.39, 0.29) is 18.4 Å². The Labute approximate surface area is 223 Å². The molecule has 1 N–H and O–H groups in total. The second kappa shape index (κ2) is 13.8. The minimum atomic E-state index is -0.669. The quantitative estimate of drug-likeness (QED) is 0.281. The average Bonchev–Trinajstić information content (AvgIpc) is 2.87. The largest absolute Gasteiger partial charge is 0.483 e. The Morgan fingerprint density at radius 1 is 0.972 bits per heavy atom. The number of ether oxygens (including phenoxy) is 1. The lowest BCUT2D eigenvalue weighted by Gasteiger charge is -2.31. The van der Waals surface area contributed by atoms with Crippen LogP contribution < -0.4 is 10.1 Å². The van der Waals surface area contributed by atoms with E-state index in [1.54, 1.807) is 4.90 Å². The van der Waals surface area contributed by atoms with Crippen LogP contribution in [-0.2, 0) is 22.6 Å². The fraction of sp³-hybridized carbons (Fsp3) is 0.333. The number of hydrogen-bond donors (Lipinski definition) is 1. The second-order valence-corrected chi connectivity index (χ2v) is 9.90. The first-order valence-electron chi connectivity index (χ1n) is 12.4. The van der Waals surface area contributed by atoms with Crippen LogP contribution in [0.15, 0.2) is 77.3 Å². The van der Waals surface area contributed by atoms with Gasteiger partial charge < -0.3 is 15.0 Å². The van der Waals surface area contributed by atoms with Crippen molar-refractivity contribution in [2.75, 3.05) is 13.2 Å². The van der Waals surface area contributed by atoms with Crippen LogP contribution in [0.4, 0.5) is 0 Å². The van der Waals surface area contributed by atoms with E-state index in [2.05, 4.69) is 28.2 Å². The van der Waals surface area contributed by atoms with E-state index < -0.39 is 6.04 Å². The zero-order chi connectivity index (χ0) is 25.9. The number of carbonyl (C=O) groups excluding carboxylic acids is 2. The number of nitrogens with one attached hydrogen (secondary N) is 1. The maximum absolute atomic E-state index is 13.7. The molecule has 0 fully saturated rings. The van der Waals surface area contributed by atoms with E-state index >= 15 is 0 Å². The third-order valence-corrected chi connectivity index (χ3v) is 6.74. The van der Waals surface area contributed by atoms with Gasteiger partial charge in [-0.3, -0.25) is 9.59 Å². The Hall–Kier alpha value is -3.12. The normalized spacial score (nSPS) is 11.6. The van der Waals surface area contributed by atoms with E-state index in [0.717, 1.165) is 39.6 Å². The van der Waals surface area contributed by atoms with E-state index in [1.807, 2.05) is 86.6 Å². The minimum absolute atomic E-state index is 0.147. The van der Waals surface area contributed by atoms with E-state index in [9.17, 15) is 9.59 Å². The molecule has 2 amide bonds. The van der Waals surface area contributed by atoms with Crippen LogP contribution in [0.2, 0.25) is 0 Å². The molecule has 3 aromatic carbocycles. The number of unbranched alkanes of at least 4 members (excludes halogenated alkanes) is 1. The maximum Gasteiger partial charge on any atom is 0.261 e. The molecule has 0 bridgehead atoms. The Balaban J connectivity index is 1.90. The molecule has 0 aliphatic rings. The summed E-state index contributed by atoms with van der Waals surface area (Å²) in [5, 5.41) is 3.04. The maximum atomic E-state index is 13.7. The first-order chi connectivity index (χ1) is 17.4. The van der Waals surface area contributed by atoms with Crippen molar-refractivity contribution >= 4 is 27.7 Å². The molecule has 0 aliphatic carbocycles. The number of aryl methyl sites for hydroxylation is 1. The Morgan fingerprint density at radius 2 is 1.69 bits per heavy atom. The molecule has 3 rings (SSSR count). The topological polar surface area (TPSA) is 58.6 Å². The molecule has 3 aromatic rings. The lowest BCUT2D eigenvalue weighted by atomic mass is 10.0. The highest BCUT2D eigenvalue weighted by atomic mass is 79.9. The summed E-state index contributed by atoms with van der Waals surface area (Å²) in [6.07, 6.45) is 2.29. The number of carbonyl (C=O) groups is 2. The van der Waals surface area contributed by atoms with Gasteiger partial charge in [0.25, 0.3) is 5.91 Å². The summed E-state index contributed by atoms with van der Waals surface area (Å²) < 4.78 is 6.89. The van der Waals surface area contributed by atoms with Gasteiger partial charge in [-0.05, 0) is 60.7 Å². The van der Waals surface area contributed by atoms with Crippen LogP contribution in [0.25, 0.3) is 0 Å². The van der Waals surface area contributed by atoms with Gasteiger partial charge >= 0.3 is 0 Å². The first kappa shape index (κ1) is 27.5. The van der Waals surface area contributed by atoms with Crippen molar-refractivity contribution in [1.29, 1.82) is 0 Å². The number of amides is 2. The van der Waals surface area contributed by atoms with Crippen LogP contribution in [0.5, 0.6) is 5.75 Å². The van der Waals surface area contributed by atoms with Crippen molar-refractivity contribution in [1.82, 2.24) is 10.2 Å². The summed E-state index contributed by atoms with van der Waals surface area (Å²) in [5.41, 5.74) is 4.03. The summed E-state index contributed by atoms with van der Waals surface area (Å²) in [6, 6.07) is 22.8. The zero-order valence-corrected chi connectivity index (χ0v) is 22.9. The molecule has 36 heavy (non-hydrogen) atoms. The fourth-order valence-electron chi connectivity index (χ4n) is 4.00. The van der Waals surface area contributed by atoms with E-state index in [1.165, 1.54) is 0 Å². The standard InChI is InChI=1S/C30H35BrN2O3/c1-4-5-17-32-30(35)27(19-24-12-7-6-8-13-24)33(20-25-14-10-15-26(31)18-25)29(34)21-36-28-16-9-11-22(2)23(28)3/h6-16,18,27H,4-5,17,19-21H2,1-3H3,(H,32,35)/t27-/m0/s1. The summed E-state index contributed by atoms with van der Waals surface area (Å²) >= 11 is 3.52. The predicted octanol–water partition coefficient (Wildman–Crippen LogP) is 6.00. The predicted molar refractivity (Wildman–Crippen MR) is 148 cm³/mol. The summed E-state index contributed by atoms with van der Waals surface area (Å²) in [4.78, 5) is 28.8. The lowest BCUT2D eigenvalue weighted by Crippen LogP contribution is -2.51. The summed E-state index contributed by atoms with van der Waals surface area (Å²) in [6.45, 7) is 6.81. The SMILES string of the molecule is CCCCNC(=O)[C@H](Cc1ccccc1)N(Cc1cccc(Br)c1)C(=O)COc1cccc(C)c1C. The van der Waals surface area contributed by atoms with Gasteiger partial charge in [0.15, 0.2) is 6.61 Å². The smallest absolute Gasteiger partial charge is 0.261 e. The van der Waals surface area contributed by atoms with Crippen molar-refractivity contribution in [3.63, 3.8) is 0 Å². The minimum Gasteiger partial charge on any atom is -0.483 e. The van der Waals surface area contributed by atoms with Crippen molar-refractivity contribution in [3.8, 4) is 5.75 Å². The molecule has 190 valence electrons. The number of nitrogens with zero attached hydrogens (tertiary/aromatic N) is 1. The number of rotatable bonds is 12. The van der Waals surface area contributed by atoms with Crippen LogP contribution in [0, 0.1) is 13.8 Å². The Morgan fingerprint density at radius 3 is 2.42 bits per heavy atom. The summed E-state index contributed by atoms with van der Waals surface area (Å²) in [5.74, 6) is 0.294. The molecule has 0 aromatic heterocycles. The molecular formula is C30H35BrN2O3. The highest BCUT2D eigenvalue weighted by Gasteiger charge is 2.30. The molecule has 0 heterocycles. The molecule has 0 saturated carbocycles. The van der Waals surface area contributed by atoms with Crippen LogP contribution >= 0.6 is 15.9 Å². The van der Waals surface area contributed by atoms with Gasteiger partial charge in [-0.2, -0.15) is 0 Å². The monoisotopic (exact) mass is 550 g/mol.